The molecule has 34 heavy (non-hydrogen) atoms. The molecule has 0 spiro atoms. The quantitative estimate of drug-likeness (QED) is 0.0857. The van der Waals surface area contributed by atoms with Crippen molar-refractivity contribution < 1.29 is 63.8 Å². The number of thioether (sulfide) groups is 1. The smallest absolute Gasteiger partial charge is 0.543 e. The van der Waals surface area contributed by atoms with E-state index in [0.717, 1.165) is 16.2 Å². The van der Waals surface area contributed by atoms with E-state index in [9.17, 15) is 29.5 Å². The molecule has 1 saturated heterocycles. The minimum Gasteiger partial charge on any atom is -0.543 e. The number of hydrogen-bond donors (Lipinski definition) is 4. The zero-order valence-electron chi connectivity index (χ0n) is 18.1. The van der Waals surface area contributed by atoms with E-state index in [0.29, 0.717) is 12.1 Å². The number of carbonyl (C=O) groups is 4. The van der Waals surface area contributed by atoms with Crippen LogP contribution in [-0.2, 0) is 19.1 Å². The fraction of sp³-hybridized carbons (Fsp3) is 0.333. The summed E-state index contributed by atoms with van der Waals surface area (Å²) in [4.78, 5) is 53.1. The predicted molar refractivity (Wildman–Crippen MR) is 116 cm³/mol. The van der Waals surface area contributed by atoms with Crippen molar-refractivity contribution in [3.63, 3.8) is 0 Å². The number of alkyl carbamates (subject to hydrolysis) is 1. The molecule has 3 heterocycles. The normalized spacial score (nSPS) is 19.7. The Morgan fingerprint density at radius 3 is 2.79 bits per heavy atom. The number of nitrogens with zero attached hydrogens (tertiary/aromatic N) is 3. The number of allylic oxidation sites excluding steroid dienone is 1. The van der Waals surface area contributed by atoms with Gasteiger partial charge in [-0.1, -0.05) is 11.2 Å². The topological polar surface area (TPSA) is 199 Å². The number of carbonyl (C=O) groups excluding carboxylic acids is 4. The molecular weight excluding hydrogens is 499 g/mol. The summed E-state index contributed by atoms with van der Waals surface area (Å²) >= 11 is 2.26. The van der Waals surface area contributed by atoms with Crippen LogP contribution in [0.2, 0.25) is 0 Å². The number of hydrogen-bond acceptors (Lipinski definition) is 12. The van der Waals surface area contributed by atoms with Gasteiger partial charge >= 0.3 is 35.7 Å². The summed E-state index contributed by atoms with van der Waals surface area (Å²) in [5.74, 6) is -2.89. The van der Waals surface area contributed by atoms with Gasteiger partial charge < -0.3 is 36.2 Å². The number of anilines is 1. The summed E-state index contributed by atoms with van der Waals surface area (Å²) < 4.78 is 4.88. The van der Waals surface area contributed by atoms with Crippen LogP contribution in [0.5, 0.6) is 0 Å². The number of rotatable bonds is 8. The number of β-lactam (4-membered cyclic amide) rings is 1. The van der Waals surface area contributed by atoms with Gasteiger partial charge in [0.25, 0.3) is 11.8 Å². The SMILES string of the molecule is CCNC(=O)OC/C=C\C1=C(C(=O)[O-])N2C(=O)C(NC(=O)/C(=N\O)c3csc(N)n3)[C@H]2SC1.[Na+]. The molecule has 1 fully saturated rings. The van der Waals surface area contributed by atoms with Crippen LogP contribution in [0.15, 0.2) is 34.0 Å². The first-order valence-corrected chi connectivity index (χ1v) is 11.4. The van der Waals surface area contributed by atoms with Crippen LogP contribution in [0.1, 0.15) is 12.6 Å². The third-order valence-corrected chi connectivity index (χ3v) is 6.48. The Kier molecular flexibility index (Phi) is 9.93. The molecule has 176 valence electrons. The summed E-state index contributed by atoms with van der Waals surface area (Å²) in [5.41, 5.74) is 5.10. The second kappa shape index (κ2) is 12.2. The second-order valence-corrected chi connectivity index (χ2v) is 8.57. The summed E-state index contributed by atoms with van der Waals surface area (Å²) in [7, 11) is 0. The molecule has 0 aromatic carbocycles. The number of nitrogens with one attached hydrogen (secondary N) is 2. The van der Waals surface area contributed by atoms with Gasteiger partial charge in [0.2, 0.25) is 0 Å². The number of thiazole rings is 1. The largest absolute Gasteiger partial charge is 1.00 e. The Balaban J connectivity index is 0.00000408. The molecule has 2 aliphatic heterocycles. The summed E-state index contributed by atoms with van der Waals surface area (Å²) in [5, 5.41) is 29.6. The van der Waals surface area contributed by atoms with E-state index in [1.165, 1.54) is 29.3 Å². The summed E-state index contributed by atoms with van der Waals surface area (Å²) in [6, 6.07) is -1.05. The Morgan fingerprint density at radius 2 is 2.21 bits per heavy atom. The number of nitrogens with two attached hydrogens (primary N) is 1. The van der Waals surface area contributed by atoms with Gasteiger partial charge in [-0.25, -0.2) is 9.78 Å². The van der Waals surface area contributed by atoms with Gasteiger partial charge in [0, 0.05) is 17.7 Å². The number of ether oxygens (including phenoxy) is 1. The van der Waals surface area contributed by atoms with Crippen molar-refractivity contribution >= 4 is 57.8 Å². The fourth-order valence-electron chi connectivity index (χ4n) is 3.09. The van der Waals surface area contributed by atoms with Gasteiger partial charge in [-0.05, 0) is 18.6 Å². The molecule has 1 aromatic heterocycles. The molecule has 0 aliphatic carbocycles. The van der Waals surface area contributed by atoms with Crippen molar-refractivity contribution in [1.29, 1.82) is 0 Å². The van der Waals surface area contributed by atoms with Gasteiger partial charge in [0.15, 0.2) is 10.8 Å². The molecule has 2 aliphatic rings. The molecule has 1 aromatic rings. The average molecular weight is 519 g/mol. The Hall–Kier alpha value is -2.59. The van der Waals surface area contributed by atoms with Gasteiger partial charge in [0.1, 0.15) is 23.7 Å². The standard InChI is InChI=1S/C18H20N6O7S2.Na/c1-2-20-18(29)31-5-3-4-8-6-32-15-11(14(26)24(15)12(8)16(27)28)22-13(25)10(23-30)9-7-33-17(19)21-9;/h3-4,7,11,15,30H,2,5-6H2,1H3,(H2,19,21)(H,20,29)(H,22,25)(H,27,28);/q;+1/p-1/b4-3-,23-10-;/t11?,15-;/m1./s1. The maximum absolute atomic E-state index is 12.7. The van der Waals surface area contributed by atoms with E-state index < -0.39 is 41.0 Å². The molecule has 5 N–H and O–H groups in total. The number of carboxylic acid groups (broad SMARTS) is 1. The number of aromatic nitrogens is 1. The Labute approximate surface area is 223 Å². The summed E-state index contributed by atoms with van der Waals surface area (Å²) in [6.07, 6.45) is 2.27. The van der Waals surface area contributed by atoms with E-state index in [-0.39, 0.29) is 58.4 Å². The molecular formula is C18H19N6NaO7S2. The summed E-state index contributed by atoms with van der Waals surface area (Å²) in [6.45, 7) is 2.04. The first kappa shape index (κ1) is 27.7. The van der Waals surface area contributed by atoms with E-state index in [2.05, 4.69) is 20.8 Å². The van der Waals surface area contributed by atoms with Gasteiger partial charge in [-0.15, -0.1) is 23.1 Å². The van der Waals surface area contributed by atoms with Crippen molar-refractivity contribution in [1.82, 2.24) is 20.5 Å². The minimum atomic E-state index is -1.56. The molecule has 0 saturated carbocycles. The predicted octanol–water partition coefficient (Wildman–Crippen LogP) is -4.39. The zero-order chi connectivity index (χ0) is 24.1. The molecule has 16 heteroatoms. The van der Waals surface area contributed by atoms with E-state index >= 15 is 0 Å². The molecule has 0 radical (unpaired) electrons. The van der Waals surface area contributed by atoms with Crippen molar-refractivity contribution in [2.75, 3.05) is 24.6 Å². The van der Waals surface area contributed by atoms with Gasteiger partial charge in [-0.3, -0.25) is 14.5 Å². The van der Waals surface area contributed by atoms with E-state index in [4.69, 9.17) is 10.5 Å². The van der Waals surface area contributed by atoms with Crippen molar-refractivity contribution in [3.8, 4) is 0 Å². The zero-order valence-corrected chi connectivity index (χ0v) is 21.8. The molecule has 13 nitrogen and oxygen atoms in total. The van der Waals surface area contributed by atoms with Crippen LogP contribution in [-0.4, -0.2) is 75.0 Å². The van der Waals surface area contributed by atoms with Gasteiger partial charge in [-0.2, -0.15) is 0 Å². The Bertz CT molecular complexity index is 1070. The fourth-order valence-corrected chi connectivity index (χ4v) is 4.95. The Morgan fingerprint density at radius 1 is 1.47 bits per heavy atom. The number of oxime groups is 1. The monoisotopic (exact) mass is 518 g/mol. The second-order valence-electron chi connectivity index (χ2n) is 6.57. The van der Waals surface area contributed by atoms with Crippen LogP contribution < -0.4 is 51.0 Å². The van der Waals surface area contributed by atoms with Crippen LogP contribution in [0.25, 0.3) is 0 Å². The number of amides is 3. The maximum Gasteiger partial charge on any atom is 1.00 e. The number of fused-ring (bicyclic) bond motifs is 1. The third kappa shape index (κ3) is 5.90. The van der Waals surface area contributed by atoms with E-state index in [1.807, 2.05) is 0 Å². The van der Waals surface area contributed by atoms with Crippen molar-refractivity contribution in [2.45, 2.75) is 18.3 Å². The first-order chi connectivity index (χ1) is 15.8. The average Bonchev–Trinajstić information content (AvgIpc) is 3.20. The number of carboxylic acids is 1. The van der Waals surface area contributed by atoms with Crippen molar-refractivity contribution in [2.24, 2.45) is 5.16 Å². The molecule has 3 rings (SSSR count). The molecule has 3 amide bonds. The molecule has 1 unspecified atom stereocenters. The van der Waals surface area contributed by atoms with Crippen LogP contribution in [0.4, 0.5) is 9.93 Å². The molecule has 2 atom stereocenters. The minimum absolute atomic E-state index is 0. The number of aliphatic carboxylic acids is 1. The van der Waals surface area contributed by atoms with Crippen molar-refractivity contribution in [3.05, 3.63) is 34.5 Å². The van der Waals surface area contributed by atoms with Gasteiger partial charge in [0.05, 0.1) is 11.7 Å². The molecule has 0 bridgehead atoms. The third-order valence-electron chi connectivity index (χ3n) is 4.51. The van der Waals surface area contributed by atoms with Crippen LogP contribution in [0, 0.1) is 0 Å². The van der Waals surface area contributed by atoms with Crippen LogP contribution in [0.3, 0.4) is 0 Å². The first-order valence-electron chi connectivity index (χ1n) is 9.49. The van der Waals surface area contributed by atoms with E-state index in [1.54, 1.807) is 6.92 Å². The number of nitrogen functional groups attached to an aromatic ring is 1. The van der Waals surface area contributed by atoms with Crippen LogP contribution >= 0.6 is 23.1 Å². The maximum atomic E-state index is 12.7.